The molecule has 2 aromatic rings. The summed E-state index contributed by atoms with van der Waals surface area (Å²) >= 11 is 6.73. The van der Waals surface area contributed by atoms with E-state index >= 15 is 4.39 Å². The van der Waals surface area contributed by atoms with Crippen molar-refractivity contribution in [3.63, 3.8) is 0 Å². The highest BCUT2D eigenvalue weighted by molar-refractivity contribution is 9.10. The maximum Gasteiger partial charge on any atom is 0.336 e. The largest absolute Gasteiger partial charge is 0.461 e. The second-order valence-corrected chi connectivity index (χ2v) is 11.3. The molecule has 1 aromatic carbocycles. The number of carbonyl (C=O) groups is 2. The third-order valence-corrected chi connectivity index (χ3v) is 8.32. The van der Waals surface area contributed by atoms with E-state index in [0.717, 1.165) is 16.3 Å². The fourth-order valence-corrected chi connectivity index (χ4v) is 6.20. The van der Waals surface area contributed by atoms with Gasteiger partial charge >= 0.3 is 5.97 Å². The molecule has 174 valence electrons. The lowest BCUT2D eigenvalue weighted by atomic mass is 9.72. The van der Waals surface area contributed by atoms with Gasteiger partial charge in [-0.05, 0) is 48.7 Å². The predicted molar refractivity (Wildman–Crippen MR) is 135 cm³/mol. The zero-order valence-corrected chi connectivity index (χ0v) is 21.7. The molecule has 2 atom stereocenters. The van der Waals surface area contributed by atoms with Gasteiger partial charge in [-0.25, -0.2) is 9.18 Å². The molecule has 1 aliphatic carbocycles. The van der Waals surface area contributed by atoms with Gasteiger partial charge < -0.3 is 10.1 Å². The van der Waals surface area contributed by atoms with Gasteiger partial charge in [0.05, 0.1) is 11.5 Å². The van der Waals surface area contributed by atoms with Crippen molar-refractivity contribution < 1.29 is 18.7 Å². The summed E-state index contributed by atoms with van der Waals surface area (Å²) in [5.74, 6) is -0.140. The van der Waals surface area contributed by atoms with E-state index in [1.54, 1.807) is 42.2 Å². The minimum Gasteiger partial charge on any atom is -0.461 e. The number of hydrogen-bond donors (Lipinski definition) is 1. The number of benzene rings is 1. The predicted octanol–water partition coefficient (Wildman–Crippen LogP) is 6.31. The number of rotatable bonds is 7. The molecule has 1 aromatic heterocycles. The van der Waals surface area contributed by atoms with Crippen molar-refractivity contribution in [2.45, 2.75) is 38.5 Å². The van der Waals surface area contributed by atoms with Crippen molar-refractivity contribution in [1.29, 1.82) is 0 Å². The molecule has 0 saturated carbocycles. The summed E-state index contributed by atoms with van der Waals surface area (Å²) < 4.78 is 21.3. The maximum atomic E-state index is 15.1. The lowest BCUT2D eigenvalue weighted by Gasteiger charge is -2.36. The van der Waals surface area contributed by atoms with Crippen molar-refractivity contribution in [2.24, 2.45) is 0 Å². The Morgan fingerprint density at radius 1 is 1.33 bits per heavy atom. The quantitative estimate of drug-likeness (QED) is 0.324. The van der Waals surface area contributed by atoms with Crippen LogP contribution in [0.25, 0.3) is 0 Å². The number of carbonyl (C=O) groups excluding carboxylic acids is 2. The molecule has 0 saturated heterocycles. The minimum atomic E-state index is -0.804. The monoisotopic (exact) mass is 549 g/mol. The Balaban J connectivity index is 1.75. The number of ether oxygens (including phenoxy) is 1. The van der Waals surface area contributed by atoms with Gasteiger partial charge in [0, 0.05) is 50.0 Å². The molecule has 0 bridgehead atoms. The number of thiophene rings is 1. The third kappa shape index (κ3) is 5.12. The standard InChI is InChI=1S/C25H25BrFNO3S2/c1-3-32-10-8-31-25(30)22-14(2)28-19-11-15(21-5-4-9-33-21)12-20(29)24(19)23(22)17-13-16(26)6-7-18(17)27/h4-7,9,13,15,23,28H,3,8,10-12H2,1-2H3/t15-,23-/m0/s1. The molecular weight excluding hydrogens is 525 g/mol. The SMILES string of the molecule is CCSCCOC(=O)C1=C(C)NC2=C(C(=O)C[C@@H](c3cccs3)C2)[C@H]1c1cc(Br)ccc1F. The first-order valence-corrected chi connectivity index (χ1v) is 13.7. The summed E-state index contributed by atoms with van der Waals surface area (Å²) in [7, 11) is 0. The van der Waals surface area contributed by atoms with Crippen LogP contribution in [0.15, 0.2) is 62.7 Å². The van der Waals surface area contributed by atoms with Crippen LogP contribution in [0.1, 0.15) is 49.0 Å². The second-order valence-electron chi connectivity index (χ2n) is 8.03. The molecule has 4 nitrogen and oxygen atoms in total. The summed E-state index contributed by atoms with van der Waals surface area (Å²) in [6.45, 7) is 4.10. The number of Topliss-reactive ketones (excluding diaryl/α,β-unsaturated/α-hetero) is 1. The highest BCUT2D eigenvalue weighted by Crippen LogP contribution is 2.47. The number of allylic oxidation sites excluding steroid dienone is 3. The minimum absolute atomic E-state index is 0.0640. The average molecular weight is 551 g/mol. The van der Waals surface area contributed by atoms with Gasteiger partial charge in [0.2, 0.25) is 0 Å². The van der Waals surface area contributed by atoms with Crippen LogP contribution in [0, 0.1) is 5.82 Å². The van der Waals surface area contributed by atoms with Crippen LogP contribution in [0.3, 0.4) is 0 Å². The summed E-state index contributed by atoms with van der Waals surface area (Å²) in [5, 5.41) is 5.32. The Morgan fingerprint density at radius 3 is 2.88 bits per heavy atom. The summed E-state index contributed by atoms with van der Waals surface area (Å²) in [6, 6.07) is 8.66. The number of esters is 1. The Kier molecular flexibility index (Phi) is 7.76. The van der Waals surface area contributed by atoms with Crippen molar-refractivity contribution in [2.75, 3.05) is 18.1 Å². The number of ketones is 1. The lowest BCUT2D eigenvalue weighted by Crippen LogP contribution is -2.36. The van der Waals surface area contributed by atoms with Gasteiger partial charge in [-0.15, -0.1) is 11.3 Å². The molecule has 2 aliphatic rings. The van der Waals surface area contributed by atoms with Crippen molar-refractivity contribution in [3.05, 3.63) is 79.0 Å². The van der Waals surface area contributed by atoms with E-state index in [4.69, 9.17) is 4.74 Å². The number of thioether (sulfide) groups is 1. The van der Waals surface area contributed by atoms with E-state index in [0.29, 0.717) is 45.5 Å². The number of hydrogen-bond acceptors (Lipinski definition) is 6. The molecule has 0 amide bonds. The highest BCUT2D eigenvalue weighted by Gasteiger charge is 2.42. The van der Waals surface area contributed by atoms with Crippen molar-refractivity contribution in [1.82, 2.24) is 5.32 Å². The molecule has 2 heterocycles. The highest BCUT2D eigenvalue weighted by atomic mass is 79.9. The maximum absolute atomic E-state index is 15.1. The molecule has 4 rings (SSSR count). The van der Waals surface area contributed by atoms with E-state index in [9.17, 15) is 9.59 Å². The first-order valence-electron chi connectivity index (χ1n) is 10.9. The zero-order chi connectivity index (χ0) is 23.5. The van der Waals surface area contributed by atoms with E-state index in [-0.39, 0.29) is 18.3 Å². The molecule has 33 heavy (non-hydrogen) atoms. The first kappa shape index (κ1) is 24.2. The molecule has 0 radical (unpaired) electrons. The van der Waals surface area contributed by atoms with Gasteiger partial charge in [-0.3, -0.25) is 4.79 Å². The normalized spacial score (nSPS) is 20.5. The van der Waals surface area contributed by atoms with Gasteiger partial charge in [0.15, 0.2) is 5.78 Å². The van der Waals surface area contributed by atoms with E-state index < -0.39 is 17.7 Å². The Hall–Kier alpha value is -1.90. The third-order valence-electron chi connectivity index (χ3n) is 5.93. The molecular formula is C25H25BrFNO3S2. The van der Waals surface area contributed by atoms with Gasteiger partial charge in [-0.2, -0.15) is 11.8 Å². The van der Waals surface area contributed by atoms with Crippen LogP contribution in [0.5, 0.6) is 0 Å². The second kappa shape index (κ2) is 10.6. The number of nitrogens with one attached hydrogen (secondary N) is 1. The van der Waals surface area contributed by atoms with Crippen LogP contribution < -0.4 is 5.32 Å². The summed E-state index contributed by atoms with van der Waals surface area (Å²) in [4.78, 5) is 27.8. The van der Waals surface area contributed by atoms with Crippen LogP contribution in [0.2, 0.25) is 0 Å². The van der Waals surface area contributed by atoms with Crippen LogP contribution in [-0.4, -0.2) is 29.9 Å². The summed E-state index contributed by atoms with van der Waals surface area (Å²) in [6.07, 6.45) is 0.974. The van der Waals surface area contributed by atoms with Crippen molar-refractivity contribution in [3.8, 4) is 0 Å². The van der Waals surface area contributed by atoms with Gasteiger partial charge in [0.25, 0.3) is 0 Å². The fraction of sp³-hybridized carbons (Fsp3) is 0.360. The molecule has 0 unspecified atom stereocenters. The molecule has 1 N–H and O–H groups in total. The van der Waals surface area contributed by atoms with Gasteiger partial charge in [0.1, 0.15) is 12.4 Å². The van der Waals surface area contributed by atoms with Gasteiger partial charge in [-0.1, -0.05) is 28.9 Å². The Labute approximate surface area is 209 Å². The van der Waals surface area contributed by atoms with Crippen molar-refractivity contribution >= 4 is 50.8 Å². The van der Waals surface area contributed by atoms with Crippen LogP contribution in [0.4, 0.5) is 4.39 Å². The molecule has 8 heteroatoms. The molecule has 0 spiro atoms. The van der Waals surface area contributed by atoms with Crippen LogP contribution in [-0.2, 0) is 14.3 Å². The average Bonchev–Trinajstić information content (AvgIpc) is 3.32. The van der Waals surface area contributed by atoms with Crippen LogP contribution >= 0.6 is 39.0 Å². The smallest absolute Gasteiger partial charge is 0.336 e. The van der Waals surface area contributed by atoms with E-state index in [2.05, 4.69) is 21.2 Å². The molecule has 0 fully saturated rings. The number of dihydropyridines is 1. The number of halogens is 2. The topological polar surface area (TPSA) is 55.4 Å². The Bertz CT molecular complexity index is 1130. The fourth-order valence-electron chi connectivity index (χ4n) is 4.50. The lowest BCUT2D eigenvalue weighted by molar-refractivity contribution is -0.138. The molecule has 1 aliphatic heterocycles. The first-order chi connectivity index (χ1) is 15.9. The van der Waals surface area contributed by atoms with E-state index in [1.165, 1.54) is 6.07 Å². The summed E-state index contributed by atoms with van der Waals surface area (Å²) in [5.41, 5.74) is 2.45. The Morgan fingerprint density at radius 2 is 2.15 bits per heavy atom. The van der Waals surface area contributed by atoms with E-state index in [1.807, 2.05) is 24.4 Å². The zero-order valence-electron chi connectivity index (χ0n) is 18.5.